The number of amides is 1. The summed E-state index contributed by atoms with van der Waals surface area (Å²) in [5, 5.41) is 3.21. The van der Waals surface area contributed by atoms with Gasteiger partial charge < -0.3 is 19.7 Å². The van der Waals surface area contributed by atoms with Gasteiger partial charge in [0.1, 0.15) is 0 Å². The highest BCUT2D eigenvalue weighted by Crippen LogP contribution is 2.31. The maximum Gasteiger partial charge on any atom is 0.224 e. The van der Waals surface area contributed by atoms with E-state index >= 15 is 0 Å². The van der Waals surface area contributed by atoms with Crippen LogP contribution in [0.25, 0.3) is 0 Å². The number of rotatable bonds is 5. The van der Waals surface area contributed by atoms with Gasteiger partial charge in [0, 0.05) is 50.1 Å². The van der Waals surface area contributed by atoms with Crippen molar-refractivity contribution in [2.24, 2.45) is 0 Å². The number of nitrogens with zero attached hydrogens (tertiary/aromatic N) is 1. The summed E-state index contributed by atoms with van der Waals surface area (Å²) in [6, 6.07) is 7.34. The fourth-order valence-electron chi connectivity index (χ4n) is 3.20. The van der Waals surface area contributed by atoms with E-state index in [0.717, 1.165) is 18.5 Å². The molecule has 0 saturated carbocycles. The Kier molecular flexibility index (Phi) is 5.16. The van der Waals surface area contributed by atoms with E-state index in [4.69, 9.17) is 9.47 Å². The lowest BCUT2D eigenvalue weighted by Gasteiger charge is -2.37. The third-order valence-corrected chi connectivity index (χ3v) is 4.63. The smallest absolute Gasteiger partial charge is 0.224 e. The van der Waals surface area contributed by atoms with Crippen molar-refractivity contribution in [3.05, 3.63) is 29.8 Å². The number of nitrogens with one attached hydrogen (secondary N) is 1. The van der Waals surface area contributed by atoms with Crippen LogP contribution in [0.5, 0.6) is 0 Å². The van der Waals surface area contributed by atoms with Crippen LogP contribution in [-0.4, -0.2) is 55.2 Å². The Hall–Kier alpha value is -1.92. The average molecular weight is 332 g/mol. The Bertz CT molecular complexity index is 601. The summed E-state index contributed by atoms with van der Waals surface area (Å²) in [6.07, 6.45) is 1.92. The van der Waals surface area contributed by atoms with E-state index in [2.05, 4.69) is 5.32 Å². The predicted octanol–water partition coefficient (Wildman–Crippen LogP) is 2.06. The zero-order chi connectivity index (χ0) is 17.0. The Morgan fingerprint density at radius 3 is 2.58 bits per heavy atom. The number of likely N-dealkylation sites (tertiary alicyclic amines) is 1. The third kappa shape index (κ3) is 3.94. The summed E-state index contributed by atoms with van der Waals surface area (Å²) in [6.45, 7) is 4.75. The van der Waals surface area contributed by atoms with Crippen LogP contribution in [0.3, 0.4) is 0 Å². The van der Waals surface area contributed by atoms with Crippen LogP contribution < -0.4 is 5.32 Å². The first-order chi connectivity index (χ1) is 11.6. The first-order valence-electron chi connectivity index (χ1n) is 8.49. The van der Waals surface area contributed by atoms with Crippen LogP contribution in [0.1, 0.15) is 36.5 Å². The summed E-state index contributed by atoms with van der Waals surface area (Å²) in [4.78, 5) is 25.6. The van der Waals surface area contributed by atoms with Gasteiger partial charge in [0.15, 0.2) is 11.6 Å². The molecule has 6 heteroatoms. The summed E-state index contributed by atoms with van der Waals surface area (Å²) < 4.78 is 11.4. The number of carbonyl (C=O) groups excluding carboxylic acids is 2. The van der Waals surface area contributed by atoms with Crippen molar-refractivity contribution in [3.8, 4) is 0 Å². The largest absolute Gasteiger partial charge is 0.385 e. The predicted molar refractivity (Wildman–Crippen MR) is 90.0 cm³/mol. The van der Waals surface area contributed by atoms with Crippen molar-refractivity contribution >= 4 is 17.4 Å². The molecule has 0 radical (unpaired) electrons. The minimum atomic E-state index is -0.442. The van der Waals surface area contributed by atoms with Gasteiger partial charge in [-0.1, -0.05) is 12.1 Å². The first kappa shape index (κ1) is 16.9. The van der Waals surface area contributed by atoms with Crippen LogP contribution in [0.4, 0.5) is 5.69 Å². The normalized spacial score (nSPS) is 19.5. The van der Waals surface area contributed by atoms with E-state index in [0.29, 0.717) is 44.8 Å². The Morgan fingerprint density at radius 1 is 1.21 bits per heavy atom. The number of benzene rings is 1. The zero-order valence-corrected chi connectivity index (χ0v) is 14.0. The number of hydrogen-bond acceptors (Lipinski definition) is 5. The Balaban J connectivity index is 1.43. The first-order valence-corrected chi connectivity index (χ1v) is 8.49. The van der Waals surface area contributed by atoms with E-state index in [1.54, 1.807) is 13.0 Å². The van der Waals surface area contributed by atoms with Gasteiger partial charge in [0.25, 0.3) is 0 Å². The molecule has 130 valence electrons. The minimum Gasteiger partial charge on any atom is -0.385 e. The lowest BCUT2D eigenvalue weighted by Crippen LogP contribution is -2.47. The van der Waals surface area contributed by atoms with Crippen molar-refractivity contribution in [2.75, 3.05) is 38.2 Å². The molecule has 2 aliphatic heterocycles. The molecule has 0 atom stereocenters. The highest BCUT2D eigenvalue weighted by Gasteiger charge is 2.40. The second-order valence-corrected chi connectivity index (χ2v) is 6.30. The van der Waals surface area contributed by atoms with Gasteiger partial charge in [-0.25, -0.2) is 0 Å². The summed E-state index contributed by atoms with van der Waals surface area (Å²) in [7, 11) is 0. The standard InChI is InChI=1S/C18H24N2O4/c1-14(21)15-3-2-4-16(13-15)19-8-5-17(22)20-9-6-18(7-10-20)23-11-12-24-18/h2-4,13,19H,5-12H2,1H3. The number of hydrogen-bond donors (Lipinski definition) is 1. The molecule has 0 bridgehead atoms. The third-order valence-electron chi connectivity index (χ3n) is 4.63. The van der Waals surface area contributed by atoms with Gasteiger partial charge >= 0.3 is 0 Å². The van der Waals surface area contributed by atoms with Crippen molar-refractivity contribution in [3.63, 3.8) is 0 Å². The maximum absolute atomic E-state index is 12.3. The molecule has 1 N–H and O–H groups in total. The number of carbonyl (C=O) groups is 2. The molecule has 2 saturated heterocycles. The van der Waals surface area contributed by atoms with E-state index in [-0.39, 0.29) is 11.7 Å². The van der Waals surface area contributed by atoms with E-state index in [1.165, 1.54) is 0 Å². The molecule has 1 amide bonds. The molecule has 1 spiro atoms. The minimum absolute atomic E-state index is 0.0355. The fourth-order valence-corrected chi connectivity index (χ4v) is 3.20. The van der Waals surface area contributed by atoms with Crippen molar-refractivity contribution < 1.29 is 19.1 Å². The molecular weight excluding hydrogens is 308 g/mol. The number of ketones is 1. The fraction of sp³-hybridized carbons (Fsp3) is 0.556. The topological polar surface area (TPSA) is 67.9 Å². The lowest BCUT2D eigenvalue weighted by atomic mass is 10.0. The highest BCUT2D eigenvalue weighted by molar-refractivity contribution is 5.94. The van der Waals surface area contributed by atoms with Gasteiger partial charge in [-0.3, -0.25) is 9.59 Å². The molecule has 0 aromatic heterocycles. The van der Waals surface area contributed by atoms with Crippen molar-refractivity contribution in [1.29, 1.82) is 0 Å². The molecule has 24 heavy (non-hydrogen) atoms. The average Bonchev–Trinajstić information content (AvgIpc) is 3.04. The SMILES string of the molecule is CC(=O)c1cccc(NCCC(=O)N2CCC3(CC2)OCCO3)c1. The van der Waals surface area contributed by atoms with Gasteiger partial charge in [-0.15, -0.1) is 0 Å². The molecule has 1 aromatic carbocycles. The van der Waals surface area contributed by atoms with Crippen molar-refractivity contribution in [1.82, 2.24) is 4.90 Å². The molecule has 6 nitrogen and oxygen atoms in total. The Labute approximate surface area is 142 Å². The number of anilines is 1. The van der Waals surface area contributed by atoms with Crippen LogP contribution in [0.2, 0.25) is 0 Å². The van der Waals surface area contributed by atoms with Crippen LogP contribution in [-0.2, 0) is 14.3 Å². The summed E-state index contributed by atoms with van der Waals surface area (Å²) in [5.74, 6) is -0.270. The molecular formula is C18H24N2O4. The zero-order valence-electron chi connectivity index (χ0n) is 14.0. The Morgan fingerprint density at radius 2 is 1.92 bits per heavy atom. The van der Waals surface area contributed by atoms with Gasteiger partial charge in [-0.2, -0.15) is 0 Å². The molecule has 0 unspecified atom stereocenters. The lowest BCUT2D eigenvalue weighted by molar-refractivity contribution is -0.187. The van der Waals surface area contributed by atoms with Crippen molar-refractivity contribution in [2.45, 2.75) is 32.0 Å². The summed E-state index contributed by atoms with van der Waals surface area (Å²) >= 11 is 0. The van der Waals surface area contributed by atoms with Gasteiger partial charge in [-0.05, 0) is 19.1 Å². The summed E-state index contributed by atoms with van der Waals surface area (Å²) in [5.41, 5.74) is 1.53. The number of Topliss-reactive ketones (excluding diaryl/α,β-unsaturated/α-hetero) is 1. The second kappa shape index (κ2) is 7.32. The monoisotopic (exact) mass is 332 g/mol. The van der Waals surface area contributed by atoms with Crippen LogP contribution >= 0.6 is 0 Å². The number of ether oxygens (including phenoxy) is 2. The van der Waals surface area contributed by atoms with E-state index in [9.17, 15) is 9.59 Å². The second-order valence-electron chi connectivity index (χ2n) is 6.30. The molecule has 1 aromatic rings. The van der Waals surface area contributed by atoms with Crippen LogP contribution in [0, 0.1) is 0 Å². The van der Waals surface area contributed by atoms with E-state index < -0.39 is 5.79 Å². The van der Waals surface area contributed by atoms with Crippen LogP contribution in [0.15, 0.2) is 24.3 Å². The molecule has 3 rings (SSSR count). The number of piperidine rings is 1. The molecule has 0 aliphatic carbocycles. The quantitative estimate of drug-likeness (QED) is 0.836. The maximum atomic E-state index is 12.3. The van der Waals surface area contributed by atoms with E-state index in [1.807, 2.05) is 23.1 Å². The highest BCUT2D eigenvalue weighted by atomic mass is 16.7. The molecule has 2 fully saturated rings. The molecule has 2 aliphatic rings. The molecule has 2 heterocycles. The van der Waals surface area contributed by atoms with Gasteiger partial charge in [0.05, 0.1) is 13.2 Å². The van der Waals surface area contributed by atoms with Gasteiger partial charge in [0.2, 0.25) is 5.91 Å².